The van der Waals surface area contributed by atoms with Crippen molar-refractivity contribution >= 4 is 23.3 Å². The van der Waals surface area contributed by atoms with Crippen molar-refractivity contribution in [3.63, 3.8) is 0 Å². The molecule has 0 aliphatic carbocycles. The lowest BCUT2D eigenvalue weighted by atomic mass is 10.2. The number of hydrogen-bond donors (Lipinski definition) is 2. The zero-order valence-corrected chi connectivity index (χ0v) is 15.2. The van der Waals surface area contributed by atoms with Crippen LogP contribution in [0, 0.1) is 0 Å². The van der Waals surface area contributed by atoms with Gasteiger partial charge in [-0.3, -0.25) is 4.79 Å². The first-order valence-electron chi connectivity index (χ1n) is 9.10. The highest BCUT2D eigenvalue weighted by atomic mass is 16.2. The molecular formula is C20H20N6O2. The molecule has 3 heterocycles. The molecule has 2 aromatic heterocycles. The van der Waals surface area contributed by atoms with Crippen LogP contribution in [-0.4, -0.2) is 33.2 Å². The van der Waals surface area contributed by atoms with Gasteiger partial charge in [-0.2, -0.15) is 5.10 Å². The first kappa shape index (κ1) is 17.7. The number of amides is 3. The van der Waals surface area contributed by atoms with E-state index in [-0.39, 0.29) is 11.9 Å². The molecule has 3 amide bonds. The molecule has 2 N–H and O–H groups in total. The normalized spacial score (nSPS) is 13.6. The zero-order valence-electron chi connectivity index (χ0n) is 15.2. The number of urea groups is 1. The van der Waals surface area contributed by atoms with Crippen LogP contribution in [0.3, 0.4) is 0 Å². The average Bonchev–Trinajstić information content (AvgIpc) is 3.39. The summed E-state index contributed by atoms with van der Waals surface area (Å²) in [6.07, 6.45) is 6.65. The summed E-state index contributed by atoms with van der Waals surface area (Å²) in [7, 11) is 0. The van der Waals surface area contributed by atoms with E-state index in [1.54, 1.807) is 40.3 Å². The summed E-state index contributed by atoms with van der Waals surface area (Å²) < 4.78 is 1.66. The summed E-state index contributed by atoms with van der Waals surface area (Å²) in [5.74, 6) is 0.815. The van der Waals surface area contributed by atoms with Crippen LogP contribution in [0.15, 0.2) is 61.1 Å². The van der Waals surface area contributed by atoms with Crippen LogP contribution in [0.4, 0.5) is 16.2 Å². The van der Waals surface area contributed by atoms with Crippen molar-refractivity contribution in [3.8, 4) is 5.82 Å². The second-order valence-corrected chi connectivity index (χ2v) is 6.44. The standard InChI is InChI=1S/C20H20N6O2/c27-18-5-2-12-25(18)17-8-6-16(7-9-17)24-20(28)22-14-15-4-1-10-21-19(15)26-13-3-11-23-26/h1,3-4,6-11,13H,2,5,12,14H2,(H2,22,24,28). The van der Waals surface area contributed by atoms with E-state index < -0.39 is 0 Å². The van der Waals surface area contributed by atoms with Crippen molar-refractivity contribution in [3.05, 3.63) is 66.6 Å². The number of rotatable bonds is 5. The van der Waals surface area contributed by atoms with Crippen molar-refractivity contribution < 1.29 is 9.59 Å². The van der Waals surface area contributed by atoms with Crippen molar-refractivity contribution in [1.29, 1.82) is 0 Å². The van der Waals surface area contributed by atoms with Crippen LogP contribution in [0.1, 0.15) is 18.4 Å². The Bertz CT molecular complexity index is 969. The molecule has 4 rings (SSSR count). The van der Waals surface area contributed by atoms with E-state index in [0.29, 0.717) is 24.5 Å². The Hall–Kier alpha value is -3.68. The Kier molecular flexibility index (Phi) is 5.01. The van der Waals surface area contributed by atoms with Gasteiger partial charge in [0.1, 0.15) is 0 Å². The molecule has 1 fully saturated rings. The maximum atomic E-state index is 12.2. The summed E-state index contributed by atoms with van der Waals surface area (Å²) in [6, 6.07) is 12.5. The Labute approximate surface area is 162 Å². The summed E-state index contributed by atoms with van der Waals surface area (Å²) in [4.78, 5) is 30.2. The highest BCUT2D eigenvalue weighted by molar-refractivity contribution is 5.96. The third-order valence-corrected chi connectivity index (χ3v) is 4.54. The minimum atomic E-state index is -0.319. The van der Waals surface area contributed by atoms with Crippen LogP contribution < -0.4 is 15.5 Å². The lowest BCUT2D eigenvalue weighted by Gasteiger charge is -2.16. The quantitative estimate of drug-likeness (QED) is 0.716. The summed E-state index contributed by atoms with van der Waals surface area (Å²) in [5.41, 5.74) is 2.36. The van der Waals surface area contributed by atoms with Crippen LogP contribution >= 0.6 is 0 Å². The predicted molar refractivity (Wildman–Crippen MR) is 105 cm³/mol. The van der Waals surface area contributed by atoms with Gasteiger partial charge in [-0.1, -0.05) is 6.07 Å². The molecule has 28 heavy (non-hydrogen) atoms. The van der Waals surface area contributed by atoms with Gasteiger partial charge in [-0.15, -0.1) is 0 Å². The summed E-state index contributed by atoms with van der Waals surface area (Å²) in [5, 5.41) is 9.82. The number of pyridine rings is 1. The molecule has 3 aromatic rings. The molecule has 8 heteroatoms. The lowest BCUT2D eigenvalue weighted by molar-refractivity contribution is -0.117. The van der Waals surface area contributed by atoms with Crippen molar-refractivity contribution in [2.24, 2.45) is 0 Å². The number of nitrogens with zero attached hydrogens (tertiary/aromatic N) is 4. The molecule has 1 saturated heterocycles. The third kappa shape index (κ3) is 3.85. The molecule has 8 nitrogen and oxygen atoms in total. The molecule has 0 bridgehead atoms. The summed E-state index contributed by atoms with van der Waals surface area (Å²) in [6.45, 7) is 1.06. The van der Waals surface area contributed by atoms with Gasteiger partial charge >= 0.3 is 6.03 Å². The van der Waals surface area contributed by atoms with Gasteiger partial charge in [-0.25, -0.2) is 14.5 Å². The largest absolute Gasteiger partial charge is 0.334 e. The number of hydrogen-bond acceptors (Lipinski definition) is 4. The van der Waals surface area contributed by atoms with Gasteiger partial charge in [0.25, 0.3) is 0 Å². The average molecular weight is 376 g/mol. The number of anilines is 2. The fraction of sp³-hybridized carbons (Fsp3) is 0.200. The number of aromatic nitrogens is 3. The van der Waals surface area contributed by atoms with Crippen LogP contribution in [0.5, 0.6) is 0 Å². The van der Waals surface area contributed by atoms with Gasteiger partial charge in [0.15, 0.2) is 5.82 Å². The van der Waals surface area contributed by atoms with E-state index in [9.17, 15) is 9.59 Å². The monoisotopic (exact) mass is 376 g/mol. The van der Waals surface area contributed by atoms with Gasteiger partial charge in [0.05, 0.1) is 0 Å². The van der Waals surface area contributed by atoms with Crippen LogP contribution in [-0.2, 0) is 11.3 Å². The minimum absolute atomic E-state index is 0.142. The van der Waals surface area contributed by atoms with E-state index >= 15 is 0 Å². The highest BCUT2D eigenvalue weighted by Crippen LogP contribution is 2.23. The topological polar surface area (TPSA) is 92.2 Å². The smallest absolute Gasteiger partial charge is 0.319 e. The predicted octanol–water partition coefficient (Wildman–Crippen LogP) is 2.72. The lowest BCUT2D eigenvalue weighted by Crippen LogP contribution is -2.29. The van der Waals surface area contributed by atoms with E-state index in [1.807, 2.05) is 30.3 Å². The van der Waals surface area contributed by atoms with Gasteiger partial charge < -0.3 is 15.5 Å². The first-order valence-corrected chi connectivity index (χ1v) is 9.10. The van der Waals surface area contributed by atoms with E-state index in [0.717, 1.165) is 24.2 Å². The fourth-order valence-electron chi connectivity index (χ4n) is 3.17. The van der Waals surface area contributed by atoms with E-state index in [2.05, 4.69) is 20.7 Å². The van der Waals surface area contributed by atoms with Crippen molar-refractivity contribution in [1.82, 2.24) is 20.1 Å². The Balaban J connectivity index is 1.36. The SMILES string of the molecule is O=C(NCc1cccnc1-n1cccn1)Nc1ccc(N2CCCC2=O)cc1. The Morgan fingerprint density at radius 2 is 1.96 bits per heavy atom. The number of carbonyl (C=O) groups excluding carboxylic acids is 2. The zero-order chi connectivity index (χ0) is 19.3. The molecule has 1 aromatic carbocycles. The van der Waals surface area contributed by atoms with Crippen LogP contribution in [0.2, 0.25) is 0 Å². The molecule has 0 atom stereocenters. The molecule has 142 valence electrons. The molecule has 1 aliphatic rings. The molecule has 0 saturated carbocycles. The highest BCUT2D eigenvalue weighted by Gasteiger charge is 2.21. The van der Waals surface area contributed by atoms with E-state index in [1.165, 1.54) is 0 Å². The molecule has 0 radical (unpaired) electrons. The number of nitrogens with one attached hydrogen (secondary N) is 2. The molecule has 1 aliphatic heterocycles. The van der Waals surface area contributed by atoms with Gasteiger partial charge in [-0.05, 0) is 42.8 Å². The number of carbonyl (C=O) groups is 2. The van der Waals surface area contributed by atoms with Gasteiger partial charge in [0.2, 0.25) is 5.91 Å². The van der Waals surface area contributed by atoms with Crippen molar-refractivity contribution in [2.75, 3.05) is 16.8 Å². The van der Waals surface area contributed by atoms with Crippen molar-refractivity contribution in [2.45, 2.75) is 19.4 Å². The molecule has 0 unspecified atom stereocenters. The Morgan fingerprint density at radius 3 is 2.68 bits per heavy atom. The number of benzene rings is 1. The van der Waals surface area contributed by atoms with E-state index in [4.69, 9.17) is 0 Å². The molecular weight excluding hydrogens is 356 g/mol. The minimum Gasteiger partial charge on any atom is -0.334 e. The fourth-order valence-corrected chi connectivity index (χ4v) is 3.17. The maximum absolute atomic E-state index is 12.2. The Morgan fingerprint density at radius 1 is 1.11 bits per heavy atom. The maximum Gasteiger partial charge on any atom is 0.319 e. The second kappa shape index (κ2) is 7.91. The van der Waals surface area contributed by atoms with Gasteiger partial charge in [0, 0.05) is 55.0 Å². The van der Waals surface area contributed by atoms with Crippen LogP contribution in [0.25, 0.3) is 5.82 Å². The third-order valence-electron chi connectivity index (χ3n) is 4.54. The second-order valence-electron chi connectivity index (χ2n) is 6.44. The summed E-state index contributed by atoms with van der Waals surface area (Å²) >= 11 is 0. The first-order chi connectivity index (χ1) is 13.7. The molecule has 0 spiro atoms.